The van der Waals surface area contributed by atoms with E-state index in [1.165, 1.54) is 77.0 Å². The number of nitrogens with one attached hydrogen (secondary N) is 1. The molecule has 0 aromatic carbocycles. The van der Waals surface area contributed by atoms with E-state index in [4.69, 9.17) is 9.47 Å². The summed E-state index contributed by atoms with van der Waals surface area (Å²) < 4.78 is 12.4. The molecular weight excluding hydrogens is 394 g/mol. The summed E-state index contributed by atoms with van der Waals surface area (Å²) in [5, 5.41) is 0. The molecule has 0 bridgehead atoms. The number of rotatable bonds is 10. The number of likely N-dealkylation sites (tertiary alicyclic amines) is 1. The van der Waals surface area contributed by atoms with Gasteiger partial charge in [0.2, 0.25) is 0 Å². The molecule has 4 atom stereocenters. The minimum atomic E-state index is 0.535. The molecule has 3 aliphatic rings. The van der Waals surface area contributed by atoms with Crippen molar-refractivity contribution in [2.24, 2.45) is 29.6 Å². The molecule has 0 spiro atoms. The van der Waals surface area contributed by atoms with Crippen LogP contribution < -0.4 is 4.90 Å². The SMILES string of the molecule is CC(C)CCOC1CCC(C2CC(C)[NH+](C)C(C3CCC(OCCC(C)C)CC3)C2)CC1. The summed E-state index contributed by atoms with van der Waals surface area (Å²) in [6, 6.07) is 1.69. The highest BCUT2D eigenvalue weighted by Crippen LogP contribution is 2.39. The largest absolute Gasteiger partial charge is 0.378 e. The molecule has 1 N–H and O–H groups in total. The first kappa shape index (κ1) is 26.5. The van der Waals surface area contributed by atoms with E-state index >= 15 is 0 Å². The van der Waals surface area contributed by atoms with E-state index in [0.717, 1.165) is 54.9 Å². The first-order valence-corrected chi connectivity index (χ1v) is 14.4. The highest BCUT2D eigenvalue weighted by molar-refractivity contribution is 4.87. The van der Waals surface area contributed by atoms with Crippen molar-refractivity contribution in [2.45, 2.75) is 136 Å². The van der Waals surface area contributed by atoms with E-state index in [2.05, 4.69) is 41.7 Å². The van der Waals surface area contributed by atoms with Gasteiger partial charge in [0.25, 0.3) is 0 Å². The lowest BCUT2D eigenvalue weighted by molar-refractivity contribution is -0.940. The van der Waals surface area contributed by atoms with Gasteiger partial charge in [-0.25, -0.2) is 0 Å². The maximum Gasteiger partial charge on any atom is 0.0905 e. The minimum Gasteiger partial charge on any atom is -0.378 e. The van der Waals surface area contributed by atoms with Crippen molar-refractivity contribution in [1.82, 2.24) is 0 Å². The van der Waals surface area contributed by atoms with Crippen molar-refractivity contribution in [3.05, 3.63) is 0 Å². The van der Waals surface area contributed by atoms with Gasteiger partial charge >= 0.3 is 0 Å². The van der Waals surface area contributed by atoms with Gasteiger partial charge in [0.05, 0.1) is 31.3 Å². The number of hydrogen-bond donors (Lipinski definition) is 1. The van der Waals surface area contributed by atoms with Crippen molar-refractivity contribution in [3.8, 4) is 0 Å². The Morgan fingerprint density at radius 1 is 0.656 bits per heavy atom. The minimum absolute atomic E-state index is 0.535. The van der Waals surface area contributed by atoms with Gasteiger partial charge in [-0.3, -0.25) is 0 Å². The molecule has 0 radical (unpaired) electrons. The number of quaternary nitrogens is 1. The second-order valence-corrected chi connectivity index (χ2v) is 12.7. The molecule has 1 aliphatic heterocycles. The zero-order chi connectivity index (χ0) is 23.1. The molecule has 188 valence electrons. The van der Waals surface area contributed by atoms with Crippen LogP contribution in [0.5, 0.6) is 0 Å². The third-order valence-corrected chi connectivity index (χ3v) is 9.35. The van der Waals surface area contributed by atoms with Gasteiger partial charge in [0.1, 0.15) is 0 Å². The normalized spacial score (nSPS) is 39.0. The van der Waals surface area contributed by atoms with Crippen molar-refractivity contribution in [2.75, 3.05) is 20.3 Å². The van der Waals surface area contributed by atoms with Crippen LogP contribution in [0.1, 0.15) is 112 Å². The molecular formula is C29H56NO2+. The summed E-state index contributed by atoms with van der Waals surface area (Å²) in [4.78, 5) is 1.83. The third-order valence-electron chi connectivity index (χ3n) is 9.35. The van der Waals surface area contributed by atoms with Gasteiger partial charge < -0.3 is 14.4 Å². The van der Waals surface area contributed by atoms with Gasteiger partial charge in [0, 0.05) is 32.0 Å². The fourth-order valence-corrected chi connectivity index (χ4v) is 6.89. The van der Waals surface area contributed by atoms with Crippen LogP contribution in [0.4, 0.5) is 0 Å². The molecule has 2 aliphatic carbocycles. The van der Waals surface area contributed by atoms with Crippen molar-refractivity contribution in [3.63, 3.8) is 0 Å². The summed E-state index contributed by atoms with van der Waals surface area (Å²) >= 11 is 0. The fourth-order valence-electron chi connectivity index (χ4n) is 6.89. The first-order valence-electron chi connectivity index (χ1n) is 14.4. The van der Waals surface area contributed by atoms with Crippen LogP contribution in [0.15, 0.2) is 0 Å². The van der Waals surface area contributed by atoms with Crippen LogP contribution in [-0.2, 0) is 9.47 Å². The van der Waals surface area contributed by atoms with Gasteiger partial charge in [0.15, 0.2) is 0 Å². The zero-order valence-corrected chi connectivity index (χ0v) is 22.4. The van der Waals surface area contributed by atoms with Crippen molar-refractivity contribution >= 4 is 0 Å². The van der Waals surface area contributed by atoms with Crippen molar-refractivity contribution in [1.29, 1.82) is 0 Å². The average Bonchev–Trinajstić information content (AvgIpc) is 2.76. The predicted molar refractivity (Wildman–Crippen MR) is 135 cm³/mol. The Hall–Kier alpha value is -0.120. The highest BCUT2D eigenvalue weighted by Gasteiger charge is 2.43. The average molecular weight is 451 g/mol. The summed E-state index contributed by atoms with van der Waals surface area (Å²) in [6.07, 6.45) is 17.2. The maximum absolute atomic E-state index is 6.23. The van der Waals surface area contributed by atoms with Gasteiger partial charge in [-0.15, -0.1) is 0 Å². The molecule has 3 heteroatoms. The second kappa shape index (κ2) is 13.1. The van der Waals surface area contributed by atoms with Crippen LogP contribution in [0.3, 0.4) is 0 Å². The van der Waals surface area contributed by atoms with E-state index in [1.54, 1.807) is 0 Å². The van der Waals surface area contributed by atoms with E-state index in [0.29, 0.717) is 12.2 Å². The molecule has 3 fully saturated rings. The number of ether oxygens (including phenoxy) is 2. The Kier molecular flexibility index (Phi) is 10.8. The number of piperidine rings is 1. The Labute approximate surface area is 200 Å². The quantitative estimate of drug-likeness (QED) is 0.447. The maximum atomic E-state index is 6.23. The molecule has 1 heterocycles. The fraction of sp³-hybridized carbons (Fsp3) is 1.00. The molecule has 32 heavy (non-hydrogen) atoms. The Morgan fingerprint density at radius 3 is 1.59 bits per heavy atom. The summed E-state index contributed by atoms with van der Waals surface area (Å²) in [7, 11) is 2.50. The van der Waals surface area contributed by atoms with Crippen LogP contribution in [0, 0.1) is 29.6 Å². The molecule has 0 aromatic heterocycles. The molecule has 4 unspecified atom stereocenters. The molecule has 3 nitrogen and oxygen atoms in total. The standard InChI is InChI=1S/C29H55NO2/c1-21(2)15-17-31-27-11-7-24(8-12-27)26-19-23(5)30(6)29(20-26)25-9-13-28(14-10-25)32-18-16-22(3)4/h21-29H,7-20H2,1-6H3/p+1. The van der Waals surface area contributed by atoms with Gasteiger partial charge in [-0.05, 0) is 94.8 Å². The lowest BCUT2D eigenvalue weighted by atomic mass is 9.68. The molecule has 3 rings (SSSR count). The zero-order valence-electron chi connectivity index (χ0n) is 22.4. The van der Waals surface area contributed by atoms with E-state index in [1.807, 2.05) is 4.90 Å². The monoisotopic (exact) mass is 450 g/mol. The third kappa shape index (κ3) is 7.98. The summed E-state index contributed by atoms with van der Waals surface area (Å²) in [6.45, 7) is 13.6. The Balaban J connectivity index is 1.43. The Morgan fingerprint density at radius 2 is 1.12 bits per heavy atom. The lowest BCUT2D eigenvalue weighted by Crippen LogP contribution is -3.18. The first-order chi connectivity index (χ1) is 15.3. The van der Waals surface area contributed by atoms with E-state index in [-0.39, 0.29) is 0 Å². The molecule has 2 saturated carbocycles. The lowest BCUT2D eigenvalue weighted by Gasteiger charge is -2.47. The van der Waals surface area contributed by atoms with Crippen LogP contribution >= 0.6 is 0 Å². The van der Waals surface area contributed by atoms with Crippen LogP contribution in [0.2, 0.25) is 0 Å². The van der Waals surface area contributed by atoms with Crippen molar-refractivity contribution < 1.29 is 14.4 Å². The number of hydrogen-bond acceptors (Lipinski definition) is 2. The molecule has 1 saturated heterocycles. The van der Waals surface area contributed by atoms with Crippen LogP contribution in [-0.4, -0.2) is 44.6 Å². The van der Waals surface area contributed by atoms with E-state index in [9.17, 15) is 0 Å². The summed E-state index contributed by atoms with van der Waals surface area (Å²) in [5.41, 5.74) is 0. The topological polar surface area (TPSA) is 22.9 Å². The molecule has 0 aromatic rings. The predicted octanol–water partition coefficient (Wildman–Crippen LogP) is 5.91. The van der Waals surface area contributed by atoms with Gasteiger partial charge in [-0.2, -0.15) is 0 Å². The second-order valence-electron chi connectivity index (χ2n) is 12.7. The summed E-state index contributed by atoms with van der Waals surface area (Å²) in [5.74, 6) is 4.34. The van der Waals surface area contributed by atoms with Crippen LogP contribution in [0.25, 0.3) is 0 Å². The Bertz CT molecular complexity index is 505. The van der Waals surface area contributed by atoms with Gasteiger partial charge in [-0.1, -0.05) is 27.7 Å². The van der Waals surface area contributed by atoms with E-state index < -0.39 is 0 Å². The highest BCUT2D eigenvalue weighted by atomic mass is 16.5. The molecule has 0 amide bonds. The smallest absolute Gasteiger partial charge is 0.0905 e.